The lowest BCUT2D eigenvalue weighted by atomic mass is 10.2. The number of benzene rings is 4. The molecule has 0 atom stereocenters. The molecule has 0 spiro atoms. The first-order valence-corrected chi connectivity index (χ1v) is 14.9. The van der Waals surface area contributed by atoms with Gasteiger partial charge in [-0.3, -0.25) is 13.9 Å². The summed E-state index contributed by atoms with van der Waals surface area (Å²) in [5.41, 5.74) is 3.72. The number of para-hydroxylation sites is 2. The molecule has 13 heteroatoms. The fraction of sp³-hybridized carbons (Fsp3) is 0.129. The number of amides is 2. The van der Waals surface area contributed by atoms with E-state index in [1.807, 2.05) is 0 Å². The van der Waals surface area contributed by atoms with Crippen molar-refractivity contribution in [2.45, 2.75) is 4.90 Å². The molecular formula is C31H29ClN4O7S. The number of hydrogen-bond acceptors (Lipinski definition) is 8. The molecule has 0 aliphatic rings. The van der Waals surface area contributed by atoms with Gasteiger partial charge in [0.25, 0.3) is 21.8 Å². The number of rotatable bonds is 13. The number of hydrogen-bond donors (Lipinski definition) is 2. The minimum absolute atomic E-state index is 0.0373. The predicted molar refractivity (Wildman–Crippen MR) is 168 cm³/mol. The van der Waals surface area contributed by atoms with Gasteiger partial charge in [0, 0.05) is 10.7 Å². The topological polar surface area (TPSA) is 136 Å². The molecule has 228 valence electrons. The highest BCUT2D eigenvalue weighted by Crippen LogP contribution is 2.32. The van der Waals surface area contributed by atoms with Gasteiger partial charge in [-0.1, -0.05) is 29.8 Å². The molecule has 0 aromatic heterocycles. The first-order valence-electron chi connectivity index (χ1n) is 13.1. The lowest BCUT2D eigenvalue weighted by Crippen LogP contribution is -2.39. The van der Waals surface area contributed by atoms with Crippen LogP contribution in [0.3, 0.4) is 0 Å². The van der Waals surface area contributed by atoms with Crippen LogP contribution in [0.25, 0.3) is 0 Å². The van der Waals surface area contributed by atoms with E-state index >= 15 is 0 Å². The normalized spacial score (nSPS) is 11.1. The van der Waals surface area contributed by atoms with Gasteiger partial charge in [0.15, 0.2) is 6.61 Å². The molecule has 44 heavy (non-hydrogen) atoms. The molecule has 0 saturated carbocycles. The number of carbonyl (C=O) groups excluding carboxylic acids is 2. The molecule has 0 bridgehead atoms. The van der Waals surface area contributed by atoms with Gasteiger partial charge in [-0.2, -0.15) is 5.10 Å². The van der Waals surface area contributed by atoms with E-state index in [1.165, 1.54) is 44.7 Å². The van der Waals surface area contributed by atoms with E-state index in [4.69, 9.17) is 25.8 Å². The molecule has 0 aliphatic carbocycles. The molecule has 0 radical (unpaired) electrons. The van der Waals surface area contributed by atoms with Gasteiger partial charge in [-0.15, -0.1) is 0 Å². The number of anilines is 2. The summed E-state index contributed by atoms with van der Waals surface area (Å²) in [6.07, 6.45) is 1.39. The Balaban J connectivity index is 1.38. The summed E-state index contributed by atoms with van der Waals surface area (Å²) >= 11 is 5.93. The zero-order valence-corrected chi connectivity index (χ0v) is 25.3. The Morgan fingerprint density at radius 3 is 2.25 bits per heavy atom. The number of methoxy groups -OCH3 is 2. The average molecular weight is 637 g/mol. The molecule has 4 aromatic carbocycles. The highest BCUT2D eigenvalue weighted by atomic mass is 35.5. The summed E-state index contributed by atoms with van der Waals surface area (Å²) in [6, 6.07) is 25.7. The smallest absolute Gasteiger partial charge is 0.264 e. The van der Waals surface area contributed by atoms with Crippen molar-refractivity contribution in [3.05, 3.63) is 108 Å². The van der Waals surface area contributed by atoms with Gasteiger partial charge in [0.05, 0.1) is 31.0 Å². The van der Waals surface area contributed by atoms with Crippen LogP contribution in [-0.4, -0.2) is 53.8 Å². The van der Waals surface area contributed by atoms with Gasteiger partial charge in [0.2, 0.25) is 0 Å². The number of halogens is 1. The van der Waals surface area contributed by atoms with Crippen molar-refractivity contribution in [2.75, 3.05) is 37.0 Å². The minimum Gasteiger partial charge on any atom is -0.497 e. The number of nitrogens with zero attached hydrogens (tertiary/aromatic N) is 2. The SMILES string of the molecule is COc1ccc(S(=O)(=O)N(CC(=O)N/N=C\c2ccc(OCC(=O)Nc3cccc(Cl)c3)cc2)c2ccccc2OC)cc1. The van der Waals surface area contributed by atoms with Crippen LogP contribution >= 0.6 is 11.6 Å². The third-order valence-corrected chi connectivity index (χ3v) is 8.06. The molecule has 0 fully saturated rings. The Morgan fingerprint density at radius 2 is 1.57 bits per heavy atom. The van der Waals surface area contributed by atoms with Crippen molar-refractivity contribution in [3.63, 3.8) is 0 Å². The summed E-state index contributed by atoms with van der Waals surface area (Å²) < 4.78 is 44.2. The molecule has 2 N–H and O–H groups in total. The van der Waals surface area contributed by atoms with Crippen molar-refractivity contribution < 1.29 is 32.2 Å². The zero-order valence-electron chi connectivity index (χ0n) is 23.8. The molecule has 0 unspecified atom stereocenters. The van der Waals surface area contributed by atoms with Crippen molar-refractivity contribution in [1.82, 2.24) is 5.43 Å². The van der Waals surface area contributed by atoms with E-state index in [1.54, 1.807) is 72.8 Å². The van der Waals surface area contributed by atoms with E-state index < -0.39 is 22.5 Å². The summed E-state index contributed by atoms with van der Waals surface area (Å²) in [5, 5.41) is 7.15. The molecule has 2 amide bonds. The third kappa shape index (κ3) is 8.49. The summed E-state index contributed by atoms with van der Waals surface area (Å²) in [6.45, 7) is -0.783. The Kier molecular flexibility index (Phi) is 10.8. The number of nitrogens with one attached hydrogen (secondary N) is 2. The van der Waals surface area contributed by atoms with Crippen LogP contribution in [0.1, 0.15) is 5.56 Å². The van der Waals surface area contributed by atoms with E-state index in [0.29, 0.717) is 27.8 Å². The van der Waals surface area contributed by atoms with E-state index in [2.05, 4.69) is 15.8 Å². The van der Waals surface area contributed by atoms with Crippen LogP contribution in [-0.2, 0) is 19.6 Å². The van der Waals surface area contributed by atoms with E-state index in [-0.39, 0.29) is 28.8 Å². The lowest BCUT2D eigenvalue weighted by Gasteiger charge is -2.25. The molecule has 4 aromatic rings. The number of sulfonamides is 1. The Bertz CT molecular complexity index is 1730. The van der Waals surface area contributed by atoms with Crippen molar-refractivity contribution in [2.24, 2.45) is 5.10 Å². The van der Waals surface area contributed by atoms with Crippen molar-refractivity contribution in [1.29, 1.82) is 0 Å². The minimum atomic E-state index is -4.18. The van der Waals surface area contributed by atoms with Gasteiger partial charge >= 0.3 is 0 Å². The second-order valence-electron chi connectivity index (χ2n) is 9.07. The quantitative estimate of drug-likeness (QED) is 0.160. The predicted octanol–water partition coefficient (Wildman–Crippen LogP) is 4.72. The van der Waals surface area contributed by atoms with Gasteiger partial charge < -0.3 is 19.5 Å². The van der Waals surface area contributed by atoms with Crippen LogP contribution in [0, 0.1) is 0 Å². The van der Waals surface area contributed by atoms with Gasteiger partial charge in [-0.25, -0.2) is 13.8 Å². The largest absolute Gasteiger partial charge is 0.497 e. The lowest BCUT2D eigenvalue weighted by molar-refractivity contribution is -0.119. The van der Waals surface area contributed by atoms with E-state index in [9.17, 15) is 18.0 Å². The summed E-state index contributed by atoms with van der Waals surface area (Å²) in [4.78, 5) is 25.0. The van der Waals surface area contributed by atoms with Crippen molar-refractivity contribution >= 4 is 51.0 Å². The Labute approximate surface area is 260 Å². The highest BCUT2D eigenvalue weighted by Gasteiger charge is 2.29. The van der Waals surface area contributed by atoms with Crippen LogP contribution in [0.2, 0.25) is 5.02 Å². The van der Waals surface area contributed by atoms with E-state index in [0.717, 1.165) is 4.31 Å². The second-order valence-corrected chi connectivity index (χ2v) is 11.4. The van der Waals surface area contributed by atoms with Crippen LogP contribution in [0.4, 0.5) is 11.4 Å². The number of ether oxygens (including phenoxy) is 3. The van der Waals surface area contributed by atoms with Gasteiger partial charge in [0.1, 0.15) is 23.8 Å². The van der Waals surface area contributed by atoms with Gasteiger partial charge in [-0.05, 0) is 84.4 Å². The number of hydrazone groups is 1. The van der Waals surface area contributed by atoms with Crippen LogP contribution in [0.5, 0.6) is 17.2 Å². The maximum absolute atomic E-state index is 13.6. The standard InChI is InChI=1S/C31H29ClN4O7S/c1-41-25-14-16-27(17-15-25)44(39,40)36(28-8-3-4-9-29(28)42-2)20-30(37)35-33-19-22-10-12-26(13-11-22)43-21-31(38)34-24-7-5-6-23(32)18-24/h3-19H,20-21H2,1-2H3,(H,34,38)(H,35,37)/b33-19-. The second kappa shape index (κ2) is 14.9. The average Bonchev–Trinajstić information content (AvgIpc) is 3.03. The first-order chi connectivity index (χ1) is 21.2. The maximum atomic E-state index is 13.6. The molecule has 0 heterocycles. The monoisotopic (exact) mass is 636 g/mol. The Hall–Kier alpha value is -5.07. The first kappa shape index (κ1) is 31.9. The van der Waals surface area contributed by atoms with Crippen molar-refractivity contribution in [3.8, 4) is 17.2 Å². The number of carbonyl (C=O) groups is 2. The maximum Gasteiger partial charge on any atom is 0.264 e. The fourth-order valence-electron chi connectivity index (χ4n) is 3.92. The van der Waals surface area contributed by atoms with Crippen LogP contribution in [0.15, 0.2) is 107 Å². The third-order valence-electron chi connectivity index (χ3n) is 6.05. The highest BCUT2D eigenvalue weighted by molar-refractivity contribution is 7.92. The molecular weight excluding hydrogens is 608 g/mol. The molecule has 0 aliphatic heterocycles. The molecule has 0 saturated heterocycles. The molecule has 4 rings (SSSR count). The summed E-state index contributed by atoms with van der Waals surface area (Å²) in [5.74, 6) is 0.166. The fourth-order valence-corrected chi connectivity index (χ4v) is 5.54. The zero-order chi connectivity index (χ0) is 31.5. The molecule has 11 nitrogen and oxygen atoms in total. The van der Waals surface area contributed by atoms with Crippen LogP contribution < -0.4 is 29.3 Å². The Morgan fingerprint density at radius 1 is 0.864 bits per heavy atom. The summed E-state index contributed by atoms with van der Waals surface area (Å²) in [7, 11) is -1.30.